The molecule has 110 valence electrons. The van der Waals surface area contributed by atoms with E-state index in [0.717, 1.165) is 10.6 Å². The van der Waals surface area contributed by atoms with Crippen LogP contribution in [-0.4, -0.2) is 22.1 Å². The first-order valence-corrected chi connectivity index (χ1v) is 7.20. The first-order valence-electron chi connectivity index (χ1n) is 5.94. The number of nitrogens with one attached hydrogen (secondary N) is 2. The van der Waals surface area contributed by atoms with E-state index in [1.54, 1.807) is 5.51 Å². The normalized spacial score (nSPS) is 10.2. The van der Waals surface area contributed by atoms with E-state index in [1.807, 2.05) is 6.92 Å². The number of hydrogen-bond acceptors (Lipinski definition) is 4. The highest BCUT2D eigenvalue weighted by molar-refractivity contribution is 7.09. The largest absolute Gasteiger partial charge is 0.478 e. The number of benzene rings is 1. The average molecular weight is 326 g/mol. The second-order valence-corrected chi connectivity index (χ2v) is 5.51. The summed E-state index contributed by atoms with van der Waals surface area (Å²) in [7, 11) is 0. The molecule has 8 heteroatoms. The Hall–Kier alpha value is -2.12. The van der Waals surface area contributed by atoms with E-state index in [9.17, 15) is 9.59 Å². The fourth-order valence-electron chi connectivity index (χ4n) is 1.58. The smallest absolute Gasteiger partial charge is 0.335 e. The standard InChI is InChI=1S/C13H12ClN3O3S/c1-7-11(21-6-16-7)5-15-13(20)17-10-4-8(12(18)19)2-3-9(10)14/h2-4,6H,5H2,1H3,(H,18,19)(H2,15,17,20). The summed E-state index contributed by atoms with van der Waals surface area (Å²) in [6, 6.07) is 3.64. The summed E-state index contributed by atoms with van der Waals surface area (Å²) < 4.78 is 0. The number of urea groups is 1. The number of anilines is 1. The number of carboxylic acid groups (broad SMARTS) is 1. The van der Waals surface area contributed by atoms with Gasteiger partial charge in [-0.1, -0.05) is 11.6 Å². The highest BCUT2D eigenvalue weighted by atomic mass is 35.5. The molecule has 0 aliphatic carbocycles. The molecule has 2 amide bonds. The molecule has 0 bridgehead atoms. The van der Waals surface area contributed by atoms with Crippen LogP contribution < -0.4 is 10.6 Å². The predicted molar refractivity (Wildman–Crippen MR) is 81.1 cm³/mol. The van der Waals surface area contributed by atoms with Crippen molar-refractivity contribution in [3.8, 4) is 0 Å². The lowest BCUT2D eigenvalue weighted by molar-refractivity contribution is 0.0697. The molecule has 0 atom stereocenters. The predicted octanol–water partition coefficient (Wildman–Crippen LogP) is 3.12. The molecule has 1 aromatic heterocycles. The number of aryl methyl sites for hydroxylation is 1. The van der Waals surface area contributed by atoms with Crippen LogP contribution >= 0.6 is 22.9 Å². The molecule has 1 aromatic carbocycles. The van der Waals surface area contributed by atoms with Gasteiger partial charge in [-0.25, -0.2) is 14.6 Å². The third-order valence-electron chi connectivity index (χ3n) is 2.72. The van der Waals surface area contributed by atoms with Crippen LogP contribution in [0.3, 0.4) is 0 Å². The molecule has 1 heterocycles. The Morgan fingerprint density at radius 2 is 2.19 bits per heavy atom. The Labute approximate surface area is 129 Å². The van der Waals surface area contributed by atoms with Gasteiger partial charge in [0, 0.05) is 4.88 Å². The van der Waals surface area contributed by atoms with Gasteiger partial charge in [-0.3, -0.25) is 0 Å². The van der Waals surface area contributed by atoms with Crippen molar-refractivity contribution in [2.45, 2.75) is 13.5 Å². The van der Waals surface area contributed by atoms with Crippen LogP contribution in [0.2, 0.25) is 5.02 Å². The van der Waals surface area contributed by atoms with E-state index in [4.69, 9.17) is 16.7 Å². The molecule has 0 saturated carbocycles. The van der Waals surface area contributed by atoms with Crippen LogP contribution in [-0.2, 0) is 6.54 Å². The zero-order chi connectivity index (χ0) is 15.4. The molecule has 6 nitrogen and oxygen atoms in total. The lowest BCUT2D eigenvalue weighted by Crippen LogP contribution is -2.28. The van der Waals surface area contributed by atoms with Crippen molar-refractivity contribution in [1.29, 1.82) is 0 Å². The van der Waals surface area contributed by atoms with Crippen LogP contribution in [0.5, 0.6) is 0 Å². The number of carboxylic acids is 1. The summed E-state index contributed by atoms with van der Waals surface area (Å²) in [5.74, 6) is -1.09. The van der Waals surface area contributed by atoms with Crippen molar-refractivity contribution >= 4 is 40.6 Å². The number of halogens is 1. The Morgan fingerprint density at radius 3 is 2.81 bits per heavy atom. The minimum atomic E-state index is -1.09. The number of thiazole rings is 1. The molecule has 21 heavy (non-hydrogen) atoms. The maximum Gasteiger partial charge on any atom is 0.335 e. The molecule has 0 aliphatic heterocycles. The summed E-state index contributed by atoms with van der Waals surface area (Å²) in [4.78, 5) is 27.7. The number of amides is 2. The second-order valence-electron chi connectivity index (χ2n) is 4.17. The lowest BCUT2D eigenvalue weighted by Gasteiger charge is -2.09. The van der Waals surface area contributed by atoms with Crippen LogP contribution in [0.4, 0.5) is 10.5 Å². The van der Waals surface area contributed by atoms with Gasteiger partial charge in [0.15, 0.2) is 0 Å². The molecule has 2 aromatic rings. The fraction of sp³-hybridized carbons (Fsp3) is 0.154. The van der Waals surface area contributed by atoms with Crippen molar-refractivity contribution in [2.75, 3.05) is 5.32 Å². The average Bonchev–Trinajstić information content (AvgIpc) is 2.84. The molecule has 0 saturated heterocycles. The molecule has 0 spiro atoms. The molecular weight excluding hydrogens is 314 g/mol. The van der Waals surface area contributed by atoms with Crippen molar-refractivity contribution in [2.24, 2.45) is 0 Å². The van der Waals surface area contributed by atoms with Gasteiger partial charge in [0.05, 0.1) is 34.0 Å². The molecular formula is C13H12ClN3O3S. The third kappa shape index (κ3) is 3.93. The van der Waals surface area contributed by atoms with Gasteiger partial charge in [0.25, 0.3) is 0 Å². The lowest BCUT2D eigenvalue weighted by atomic mass is 10.2. The second kappa shape index (κ2) is 6.55. The van der Waals surface area contributed by atoms with Gasteiger partial charge >= 0.3 is 12.0 Å². The maximum atomic E-state index is 11.8. The first-order chi connectivity index (χ1) is 9.97. The SMILES string of the molecule is Cc1ncsc1CNC(=O)Nc1cc(C(=O)O)ccc1Cl. The summed E-state index contributed by atoms with van der Waals surface area (Å²) in [5.41, 5.74) is 2.87. The maximum absolute atomic E-state index is 11.8. The Bertz CT molecular complexity index is 687. The van der Waals surface area contributed by atoms with Crippen LogP contribution in [0, 0.1) is 6.92 Å². The van der Waals surface area contributed by atoms with E-state index in [1.165, 1.54) is 29.5 Å². The quantitative estimate of drug-likeness (QED) is 0.805. The van der Waals surface area contributed by atoms with Gasteiger partial charge in [0.2, 0.25) is 0 Å². The van der Waals surface area contributed by atoms with E-state index in [2.05, 4.69) is 15.6 Å². The summed E-state index contributed by atoms with van der Waals surface area (Å²) in [6.07, 6.45) is 0. The van der Waals surface area contributed by atoms with E-state index >= 15 is 0 Å². The highest BCUT2D eigenvalue weighted by Gasteiger charge is 2.10. The summed E-state index contributed by atoms with van der Waals surface area (Å²) in [5, 5.41) is 14.4. The fourth-order valence-corrected chi connectivity index (χ4v) is 2.46. The molecule has 0 fully saturated rings. The van der Waals surface area contributed by atoms with Crippen molar-refractivity contribution in [3.05, 3.63) is 44.9 Å². The van der Waals surface area contributed by atoms with E-state index < -0.39 is 12.0 Å². The Kier molecular flexibility index (Phi) is 4.77. The monoisotopic (exact) mass is 325 g/mol. The van der Waals surface area contributed by atoms with Gasteiger partial charge < -0.3 is 15.7 Å². The van der Waals surface area contributed by atoms with Crippen molar-refractivity contribution in [1.82, 2.24) is 10.3 Å². The van der Waals surface area contributed by atoms with E-state index in [0.29, 0.717) is 6.54 Å². The first kappa shape index (κ1) is 15.3. The Balaban J connectivity index is 2.01. The number of hydrogen-bond donors (Lipinski definition) is 3. The van der Waals surface area contributed by atoms with Gasteiger partial charge in [0.1, 0.15) is 0 Å². The number of carbonyl (C=O) groups excluding carboxylic acids is 1. The third-order valence-corrected chi connectivity index (χ3v) is 3.98. The molecule has 0 unspecified atom stereocenters. The number of carbonyl (C=O) groups is 2. The Morgan fingerprint density at radius 1 is 1.43 bits per heavy atom. The van der Waals surface area contributed by atoms with Gasteiger partial charge in [-0.05, 0) is 25.1 Å². The zero-order valence-electron chi connectivity index (χ0n) is 11.0. The molecule has 0 aliphatic rings. The number of nitrogens with zero attached hydrogens (tertiary/aromatic N) is 1. The van der Waals surface area contributed by atoms with Gasteiger partial charge in [-0.2, -0.15) is 0 Å². The molecule has 2 rings (SSSR count). The van der Waals surface area contributed by atoms with Crippen LogP contribution in [0.15, 0.2) is 23.7 Å². The van der Waals surface area contributed by atoms with Crippen molar-refractivity contribution in [3.63, 3.8) is 0 Å². The summed E-state index contributed by atoms with van der Waals surface area (Å²) >= 11 is 7.38. The number of aromatic carboxylic acids is 1. The number of aromatic nitrogens is 1. The van der Waals surface area contributed by atoms with E-state index in [-0.39, 0.29) is 16.3 Å². The van der Waals surface area contributed by atoms with Crippen LogP contribution in [0.25, 0.3) is 0 Å². The van der Waals surface area contributed by atoms with Crippen LogP contribution in [0.1, 0.15) is 20.9 Å². The number of rotatable bonds is 4. The van der Waals surface area contributed by atoms with Crippen molar-refractivity contribution < 1.29 is 14.7 Å². The summed E-state index contributed by atoms with van der Waals surface area (Å²) in [6.45, 7) is 2.21. The molecule has 3 N–H and O–H groups in total. The minimum Gasteiger partial charge on any atom is -0.478 e. The molecule has 0 radical (unpaired) electrons. The minimum absolute atomic E-state index is 0.0491. The van der Waals surface area contributed by atoms with Gasteiger partial charge in [-0.15, -0.1) is 11.3 Å². The zero-order valence-corrected chi connectivity index (χ0v) is 12.6. The highest BCUT2D eigenvalue weighted by Crippen LogP contribution is 2.23. The topological polar surface area (TPSA) is 91.3 Å².